The maximum Gasteiger partial charge on any atom is 0.226 e. The van der Waals surface area contributed by atoms with E-state index in [9.17, 15) is 4.79 Å². The van der Waals surface area contributed by atoms with Gasteiger partial charge in [-0.3, -0.25) is 4.79 Å². The van der Waals surface area contributed by atoms with E-state index in [2.05, 4.69) is 0 Å². The molecule has 1 saturated carbocycles. The minimum absolute atomic E-state index is 0.170. The van der Waals surface area contributed by atoms with E-state index in [0.29, 0.717) is 18.0 Å². The van der Waals surface area contributed by atoms with Crippen LogP contribution < -0.4 is 5.73 Å². The largest absolute Gasteiger partial charge is 0.398 e. The third kappa shape index (κ3) is 3.98. The van der Waals surface area contributed by atoms with E-state index in [1.165, 1.54) is 32.1 Å². The van der Waals surface area contributed by atoms with Gasteiger partial charge in [-0.05, 0) is 30.4 Å². The Balaban J connectivity index is 1.87. The zero-order valence-corrected chi connectivity index (χ0v) is 11.8. The summed E-state index contributed by atoms with van der Waals surface area (Å²) in [6.07, 6.45) is 6.94. The first kappa shape index (κ1) is 13.9. The second-order valence-electron chi connectivity index (χ2n) is 5.65. The van der Waals surface area contributed by atoms with Crippen molar-refractivity contribution in [1.82, 2.24) is 4.90 Å². The number of hydrogen-bond acceptors (Lipinski definition) is 2. The average molecular weight is 260 g/mol. The Labute approximate surface area is 115 Å². The monoisotopic (exact) mass is 260 g/mol. The Morgan fingerprint density at radius 2 is 1.95 bits per heavy atom. The van der Waals surface area contributed by atoms with Gasteiger partial charge in [-0.25, -0.2) is 0 Å². The molecule has 0 aromatic heterocycles. The Morgan fingerprint density at radius 1 is 1.26 bits per heavy atom. The van der Waals surface area contributed by atoms with Crippen LogP contribution >= 0.6 is 0 Å². The fourth-order valence-corrected chi connectivity index (χ4v) is 2.85. The lowest BCUT2D eigenvalue weighted by molar-refractivity contribution is -0.129. The number of carbonyl (C=O) groups is 1. The van der Waals surface area contributed by atoms with E-state index < -0.39 is 0 Å². The molecule has 3 nitrogen and oxygen atoms in total. The van der Waals surface area contributed by atoms with Crippen molar-refractivity contribution in [3.8, 4) is 0 Å². The van der Waals surface area contributed by atoms with Crippen molar-refractivity contribution in [2.45, 2.75) is 38.5 Å². The summed E-state index contributed by atoms with van der Waals surface area (Å²) in [6, 6.07) is 7.61. The molecule has 0 heterocycles. The van der Waals surface area contributed by atoms with Gasteiger partial charge in [-0.15, -0.1) is 0 Å². The maximum absolute atomic E-state index is 12.2. The van der Waals surface area contributed by atoms with Crippen LogP contribution in [0.2, 0.25) is 0 Å². The molecule has 19 heavy (non-hydrogen) atoms. The van der Waals surface area contributed by atoms with Gasteiger partial charge in [-0.2, -0.15) is 0 Å². The zero-order valence-electron chi connectivity index (χ0n) is 11.8. The molecule has 0 aliphatic heterocycles. The average Bonchev–Trinajstić information content (AvgIpc) is 2.42. The van der Waals surface area contributed by atoms with Gasteiger partial charge in [0.15, 0.2) is 0 Å². The van der Waals surface area contributed by atoms with Crippen LogP contribution in [-0.2, 0) is 11.2 Å². The second kappa shape index (κ2) is 6.60. The quantitative estimate of drug-likeness (QED) is 0.846. The fourth-order valence-electron chi connectivity index (χ4n) is 2.85. The summed E-state index contributed by atoms with van der Waals surface area (Å²) in [4.78, 5) is 14.1. The lowest BCUT2D eigenvalue weighted by Gasteiger charge is -2.27. The van der Waals surface area contributed by atoms with Crippen LogP contribution in [0, 0.1) is 5.92 Å². The molecule has 104 valence electrons. The van der Waals surface area contributed by atoms with Crippen LogP contribution in [0.25, 0.3) is 0 Å². The maximum atomic E-state index is 12.2. The highest BCUT2D eigenvalue weighted by Gasteiger charge is 2.18. The third-order valence-electron chi connectivity index (χ3n) is 4.08. The van der Waals surface area contributed by atoms with Crippen molar-refractivity contribution in [2.24, 2.45) is 5.92 Å². The van der Waals surface area contributed by atoms with E-state index in [-0.39, 0.29) is 5.91 Å². The molecule has 0 radical (unpaired) electrons. The minimum Gasteiger partial charge on any atom is -0.398 e. The predicted molar refractivity (Wildman–Crippen MR) is 78.8 cm³/mol. The van der Waals surface area contributed by atoms with Gasteiger partial charge in [0.2, 0.25) is 5.91 Å². The van der Waals surface area contributed by atoms with E-state index in [1.54, 1.807) is 0 Å². The number of para-hydroxylation sites is 1. The van der Waals surface area contributed by atoms with Gasteiger partial charge in [0.25, 0.3) is 0 Å². The van der Waals surface area contributed by atoms with Gasteiger partial charge >= 0.3 is 0 Å². The molecule has 1 aromatic rings. The first-order chi connectivity index (χ1) is 9.16. The van der Waals surface area contributed by atoms with Crippen molar-refractivity contribution in [3.05, 3.63) is 29.8 Å². The van der Waals surface area contributed by atoms with Gasteiger partial charge in [-0.1, -0.05) is 37.5 Å². The molecule has 3 heteroatoms. The summed E-state index contributed by atoms with van der Waals surface area (Å²) in [5.74, 6) is 0.860. The Kier molecular flexibility index (Phi) is 4.83. The molecule has 1 aliphatic carbocycles. The Morgan fingerprint density at radius 3 is 2.63 bits per heavy atom. The lowest BCUT2D eigenvalue weighted by Crippen LogP contribution is -2.33. The number of nitrogen functional groups attached to an aromatic ring is 1. The van der Waals surface area contributed by atoms with Gasteiger partial charge in [0.1, 0.15) is 0 Å². The van der Waals surface area contributed by atoms with Crippen molar-refractivity contribution < 1.29 is 4.79 Å². The number of benzene rings is 1. The highest BCUT2D eigenvalue weighted by atomic mass is 16.2. The van der Waals surface area contributed by atoms with Crippen LogP contribution in [0.15, 0.2) is 24.3 Å². The zero-order chi connectivity index (χ0) is 13.7. The van der Waals surface area contributed by atoms with Crippen molar-refractivity contribution >= 4 is 11.6 Å². The summed E-state index contributed by atoms with van der Waals surface area (Å²) < 4.78 is 0. The Bertz CT molecular complexity index is 425. The highest BCUT2D eigenvalue weighted by molar-refractivity contribution is 5.80. The smallest absolute Gasteiger partial charge is 0.226 e. The molecule has 1 amide bonds. The topological polar surface area (TPSA) is 46.3 Å². The normalized spacial score (nSPS) is 16.3. The van der Waals surface area contributed by atoms with Gasteiger partial charge in [0, 0.05) is 19.3 Å². The summed E-state index contributed by atoms with van der Waals surface area (Å²) in [5.41, 5.74) is 7.53. The molecule has 1 aromatic carbocycles. The van der Waals surface area contributed by atoms with E-state index in [0.717, 1.165) is 12.1 Å². The molecule has 1 aliphatic rings. The SMILES string of the molecule is CN(CC1CCCCC1)C(=O)Cc1ccccc1N. The number of carbonyl (C=O) groups excluding carboxylic acids is 1. The predicted octanol–water partition coefficient (Wildman–Crippen LogP) is 2.85. The summed E-state index contributed by atoms with van der Waals surface area (Å²) >= 11 is 0. The first-order valence-corrected chi connectivity index (χ1v) is 7.24. The van der Waals surface area contributed by atoms with Crippen LogP contribution in [0.3, 0.4) is 0 Å². The van der Waals surface area contributed by atoms with Crippen LogP contribution in [-0.4, -0.2) is 24.4 Å². The minimum atomic E-state index is 0.170. The first-order valence-electron chi connectivity index (χ1n) is 7.24. The molecule has 2 rings (SSSR count). The number of amides is 1. The molecule has 1 fully saturated rings. The van der Waals surface area contributed by atoms with Gasteiger partial charge < -0.3 is 10.6 Å². The molecule has 0 bridgehead atoms. The summed E-state index contributed by atoms with van der Waals surface area (Å²) in [5, 5.41) is 0. The third-order valence-corrected chi connectivity index (χ3v) is 4.08. The molecular formula is C16H24N2O. The van der Waals surface area contributed by atoms with Gasteiger partial charge in [0.05, 0.1) is 6.42 Å². The highest BCUT2D eigenvalue weighted by Crippen LogP contribution is 2.24. The van der Waals surface area contributed by atoms with E-state index in [4.69, 9.17) is 5.73 Å². The molecular weight excluding hydrogens is 236 g/mol. The van der Waals surface area contributed by atoms with E-state index in [1.807, 2.05) is 36.2 Å². The number of rotatable bonds is 4. The number of hydrogen-bond donors (Lipinski definition) is 1. The molecule has 0 unspecified atom stereocenters. The number of nitrogens with zero attached hydrogens (tertiary/aromatic N) is 1. The van der Waals surface area contributed by atoms with Crippen LogP contribution in [0.1, 0.15) is 37.7 Å². The second-order valence-corrected chi connectivity index (χ2v) is 5.65. The van der Waals surface area contributed by atoms with E-state index >= 15 is 0 Å². The Hall–Kier alpha value is -1.51. The fraction of sp³-hybridized carbons (Fsp3) is 0.562. The molecule has 2 N–H and O–H groups in total. The van der Waals surface area contributed by atoms with Crippen molar-refractivity contribution in [3.63, 3.8) is 0 Å². The molecule has 0 spiro atoms. The molecule has 0 atom stereocenters. The summed E-state index contributed by atoms with van der Waals surface area (Å²) in [6.45, 7) is 0.894. The number of nitrogens with two attached hydrogens (primary N) is 1. The standard InChI is InChI=1S/C16H24N2O/c1-18(12-13-7-3-2-4-8-13)16(19)11-14-9-5-6-10-15(14)17/h5-6,9-10,13H,2-4,7-8,11-12,17H2,1H3. The van der Waals surface area contributed by atoms with Crippen LogP contribution in [0.5, 0.6) is 0 Å². The van der Waals surface area contributed by atoms with Crippen LogP contribution in [0.4, 0.5) is 5.69 Å². The number of anilines is 1. The lowest BCUT2D eigenvalue weighted by atomic mass is 9.89. The van der Waals surface area contributed by atoms with Crippen molar-refractivity contribution in [2.75, 3.05) is 19.3 Å². The van der Waals surface area contributed by atoms with Crippen molar-refractivity contribution in [1.29, 1.82) is 0 Å². The number of likely N-dealkylation sites (N-methyl/N-ethyl adjacent to an activating group) is 1. The summed E-state index contributed by atoms with van der Waals surface area (Å²) in [7, 11) is 1.91. The molecule has 0 saturated heterocycles.